The monoisotopic (exact) mass is 172 g/mol. The fourth-order valence-corrected chi connectivity index (χ4v) is 2.49. The second kappa shape index (κ2) is 2.35. The minimum atomic E-state index is 0.193. The van der Waals surface area contributed by atoms with Crippen LogP contribution in [0, 0.1) is 5.41 Å². The predicted octanol–water partition coefficient (Wildman–Crippen LogP) is 3.38. The van der Waals surface area contributed by atoms with Crippen molar-refractivity contribution in [3.8, 4) is 0 Å². The summed E-state index contributed by atoms with van der Waals surface area (Å²) in [5, 5.41) is 0. The molecule has 56 valence electrons. The van der Waals surface area contributed by atoms with Crippen molar-refractivity contribution in [3.63, 3.8) is 0 Å². The van der Waals surface area contributed by atoms with Crippen molar-refractivity contribution in [3.05, 3.63) is 10.5 Å². The first-order valence-electron chi connectivity index (χ1n) is 3.36. The summed E-state index contributed by atoms with van der Waals surface area (Å²) in [6.07, 6.45) is 0. The van der Waals surface area contributed by atoms with E-state index < -0.39 is 0 Å². The SMILES string of the molecule is CC(C)=C1SC(=S)C1(C)C. The zero-order valence-corrected chi connectivity index (χ0v) is 8.45. The summed E-state index contributed by atoms with van der Waals surface area (Å²) in [4.78, 5) is 1.46. The summed E-state index contributed by atoms with van der Waals surface area (Å²) >= 11 is 6.90. The molecule has 1 heterocycles. The molecule has 0 radical (unpaired) electrons. The second-order valence-corrected chi connectivity index (χ2v) is 5.03. The Bertz CT molecular complexity index is 207. The van der Waals surface area contributed by atoms with Gasteiger partial charge in [-0.15, -0.1) is 0 Å². The van der Waals surface area contributed by atoms with Crippen LogP contribution in [0.4, 0.5) is 0 Å². The van der Waals surface area contributed by atoms with Crippen LogP contribution < -0.4 is 0 Å². The van der Waals surface area contributed by atoms with Crippen molar-refractivity contribution in [1.29, 1.82) is 0 Å². The average Bonchev–Trinajstić information content (AvgIpc) is 1.82. The maximum atomic E-state index is 5.14. The average molecular weight is 172 g/mol. The van der Waals surface area contributed by atoms with Gasteiger partial charge in [-0.3, -0.25) is 0 Å². The molecule has 1 saturated heterocycles. The Labute approximate surface area is 72.1 Å². The van der Waals surface area contributed by atoms with Crippen molar-refractivity contribution in [2.24, 2.45) is 5.41 Å². The van der Waals surface area contributed by atoms with Crippen LogP contribution in [0.2, 0.25) is 0 Å². The molecule has 1 fully saturated rings. The lowest BCUT2D eigenvalue weighted by molar-refractivity contribution is 0.663. The Morgan fingerprint density at radius 3 is 2.00 bits per heavy atom. The van der Waals surface area contributed by atoms with Crippen LogP contribution in [0.3, 0.4) is 0 Å². The van der Waals surface area contributed by atoms with E-state index >= 15 is 0 Å². The van der Waals surface area contributed by atoms with Crippen molar-refractivity contribution in [1.82, 2.24) is 0 Å². The van der Waals surface area contributed by atoms with Crippen LogP contribution >= 0.6 is 24.0 Å². The number of thioether (sulfide) groups is 1. The van der Waals surface area contributed by atoms with Gasteiger partial charge in [0.2, 0.25) is 0 Å². The van der Waals surface area contributed by atoms with Gasteiger partial charge in [-0.05, 0) is 27.7 Å². The molecule has 0 nitrogen and oxygen atoms in total. The fourth-order valence-electron chi connectivity index (χ4n) is 1.12. The van der Waals surface area contributed by atoms with Gasteiger partial charge in [0, 0.05) is 10.3 Å². The van der Waals surface area contributed by atoms with Crippen molar-refractivity contribution in [2.45, 2.75) is 27.7 Å². The summed E-state index contributed by atoms with van der Waals surface area (Å²) < 4.78 is 1.13. The molecule has 0 aromatic carbocycles. The molecule has 0 unspecified atom stereocenters. The molecular weight excluding hydrogens is 160 g/mol. The van der Waals surface area contributed by atoms with Crippen molar-refractivity contribution in [2.75, 3.05) is 0 Å². The first-order chi connectivity index (χ1) is 4.46. The highest BCUT2D eigenvalue weighted by Crippen LogP contribution is 2.53. The summed E-state index contributed by atoms with van der Waals surface area (Å²) in [6, 6.07) is 0. The van der Waals surface area contributed by atoms with E-state index in [0.717, 1.165) is 4.20 Å². The molecule has 1 rings (SSSR count). The normalized spacial score (nSPS) is 22.4. The van der Waals surface area contributed by atoms with Gasteiger partial charge in [0.1, 0.15) is 0 Å². The molecule has 0 spiro atoms. The van der Waals surface area contributed by atoms with Crippen LogP contribution in [-0.2, 0) is 0 Å². The Morgan fingerprint density at radius 2 is 1.90 bits per heavy atom. The van der Waals surface area contributed by atoms with Crippen LogP contribution in [0.1, 0.15) is 27.7 Å². The Hall–Kier alpha value is 0.180. The Kier molecular flexibility index (Phi) is 1.94. The fraction of sp³-hybridized carbons (Fsp3) is 0.625. The van der Waals surface area contributed by atoms with Crippen LogP contribution in [0.25, 0.3) is 0 Å². The summed E-state index contributed by atoms with van der Waals surface area (Å²) in [6.45, 7) is 8.67. The molecule has 2 heteroatoms. The van der Waals surface area contributed by atoms with Gasteiger partial charge >= 0.3 is 0 Å². The highest BCUT2D eigenvalue weighted by Gasteiger charge is 2.40. The molecule has 0 aliphatic carbocycles. The number of hydrogen-bond acceptors (Lipinski definition) is 2. The van der Waals surface area contributed by atoms with E-state index in [9.17, 15) is 0 Å². The first-order valence-corrected chi connectivity index (χ1v) is 4.59. The van der Waals surface area contributed by atoms with E-state index in [1.54, 1.807) is 11.8 Å². The minimum Gasteiger partial charge on any atom is -0.0853 e. The Balaban J connectivity index is 2.93. The molecule has 0 aromatic heterocycles. The molecule has 0 N–H and O–H groups in total. The van der Waals surface area contributed by atoms with Gasteiger partial charge in [0.15, 0.2) is 0 Å². The third kappa shape index (κ3) is 1.04. The van der Waals surface area contributed by atoms with Crippen molar-refractivity contribution >= 4 is 28.2 Å². The topological polar surface area (TPSA) is 0 Å². The van der Waals surface area contributed by atoms with E-state index in [0.29, 0.717) is 0 Å². The number of thiocarbonyl (C=S) groups is 1. The molecule has 1 aliphatic heterocycles. The molecule has 0 bridgehead atoms. The van der Waals surface area contributed by atoms with Crippen LogP contribution in [0.5, 0.6) is 0 Å². The molecule has 0 aromatic rings. The summed E-state index contributed by atoms with van der Waals surface area (Å²) in [5.74, 6) is 0. The van der Waals surface area contributed by atoms with E-state index in [-0.39, 0.29) is 5.41 Å². The van der Waals surface area contributed by atoms with E-state index in [2.05, 4.69) is 27.7 Å². The van der Waals surface area contributed by atoms with E-state index in [1.807, 2.05) is 0 Å². The highest BCUT2D eigenvalue weighted by atomic mass is 32.2. The predicted molar refractivity (Wildman–Crippen MR) is 52.3 cm³/mol. The summed E-state index contributed by atoms with van der Waals surface area (Å²) in [7, 11) is 0. The standard InChI is InChI=1S/C8H12S2/c1-5(2)6-8(3,4)7(9)10-6/h1-4H3. The number of allylic oxidation sites excluding steroid dienone is 2. The first kappa shape index (κ1) is 8.28. The highest BCUT2D eigenvalue weighted by molar-refractivity contribution is 8.28. The maximum Gasteiger partial charge on any atom is 0.0629 e. The van der Waals surface area contributed by atoms with Crippen molar-refractivity contribution < 1.29 is 0 Å². The molecule has 1 aliphatic rings. The van der Waals surface area contributed by atoms with Gasteiger partial charge in [0.05, 0.1) is 4.20 Å². The van der Waals surface area contributed by atoms with Gasteiger partial charge in [-0.25, -0.2) is 0 Å². The van der Waals surface area contributed by atoms with Gasteiger partial charge in [0.25, 0.3) is 0 Å². The molecule has 0 saturated carbocycles. The van der Waals surface area contributed by atoms with Gasteiger partial charge in [-0.2, -0.15) is 0 Å². The molecular formula is C8H12S2. The molecule has 10 heavy (non-hydrogen) atoms. The minimum absolute atomic E-state index is 0.193. The second-order valence-electron chi connectivity index (χ2n) is 3.34. The zero-order valence-electron chi connectivity index (χ0n) is 6.82. The largest absolute Gasteiger partial charge is 0.0853 e. The lowest BCUT2D eigenvalue weighted by atomic mass is 9.92. The maximum absolute atomic E-state index is 5.14. The van der Waals surface area contributed by atoms with Gasteiger partial charge in [-0.1, -0.05) is 29.6 Å². The third-order valence-corrected chi connectivity index (χ3v) is 4.31. The van der Waals surface area contributed by atoms with Gasteiger partial charge < -0.3 is 0 Å². The van der Waals surface area contributed by atoms with E-state index in [4.69, 9.17) is 12.2 Å². The lowest BCUT2D eigenvalue weighted by Gasteiger charge is -2.39. The number of hydrogen-bond donors (Lipinski definition) is 0. The van der Waals surface area contributed by atoms with Crippen LogP contribution in [0.15, 0.2) is 10.5 Å². The summed E-state index contributed by atoms with van der Waals surface area (Å²) in [5.41, 5.74) is 1.60. The zero-order chi connectivity index (χ0) is 7.94. The Morgan fingerprint density at radius 1 is 1.40 bits per heavy atom. The third-order valence-electron chi connectivity index (χ3n) is 1.73. The number of rotatable bonds is 0. The molecule has 0 amide bonds. The van der Waals surface area contributed by atoms with E-state index in [1.165, 1.54) is 10.5 Å². The quantitative estimate of drug-likeness (QED) is 0.514. The van der Waals surface area contributed by atoms with Crippen LogP contribution in [-0.4, -0.2) is 4.20 Å². The molecule has 0 atom stereocenters. The lowest BCUT2D eigenvalue weighted by Crippen LogP contribution is -2.31. The smallest absolute Gasteiger partial charge is 0.0629 e.